The minimum Gasteiger partial charge on any atom is -0.497 e. The number of ether oxygens (including phenoxy) is 3. The standard InChI is InChI=1S/C22H24ClN3O5/c1-4-30-21(27)25-10-8-15(14-25)26(22(28)31-5-2)11-9-17-18-12-16(29-3)6-7-20(18)24-13-19(17)23/h4-7,12-13,15H,1-2,8-11,14H2,3H3. The molecule has 1 aromatic heterocycles. The van der Waals surface area contributed by atoms with Crippen LogP contribution in [0.15, 0.2) is 50.1 Å². The summed E-state index contributed by atoms with van der Waals surface area (Å²) in [6, 6.07) is 5.33. The molecule has 3 rings (SSSR count). The van der Waals surface area contributed by atoms with Crippen LogP contribution in [0.1, 0.15) is 12.0 Å². The molecule has 164 valence electrons. The van der Waals surface area contributed by atoms with Crippen molar-refractivity contribution in [1.29, 1.82) is 0 Å². The first-order valence-corrected chi connectivity index (χ1v) is 10.1. The maximum atomic E-state index is 12.6. The fraction of sp³-hybridized carbons (Fsp3) is 0.318. The van der Waals surface area contributed by atoms with Gasteiger partial charge in [-0.2, -0.15) is 0 Å². The van der Waals surface area contributed by atoms with Gasteiger partial charge in [0.25, 0.3) is 0 Å². The van der Waals surface area contributed by atoms with Gasteiger partial charge in [-0.15, -0.1) is 0 Å². The number of carbonyl (C=O) groups excluding carboxylic acids is 2. The predicted molar refractivity (Wildman–Crippen MR) is 117 cm³/mol. The Labute approximate surface area is 185 Å². The van der Waals surface area contributed by atoms with E-state index in [1.54, 1.807) is 18.2 Å². The van der Waals surface area contributed by atoms with E-state index in [4.69, 9.17) is 25.8 Å². The Morgan fingerprint density at radius 1 is 1.32 bits per heavy atom. The van der Waals surface area contributed by atoms with Crippen LogP contribution in [0.3, 0.4) is 0 Å². The van der Waals surface area contributed by atoms with Gasteiger partial charge in [0.1, 0.15) is 5.75 Å². The van der Waals surface area contributed by atoms with Crippen molar-refractivity contribution in [3.05, 3.63) is 60.7 Å². The van der Waals surface area contributed by atoms with Crippen molar-refractivity contribution < 1.29 is 23.8 Å². The number of likely N-dealkylation sites (tertiary alicyclic amines) is 1. The van der Waals surface area contributed by atoms with E-state index in [0.717, 1.165) is 29.0 Å². The third-order valence-corrected chi connectivity index (χ3v) is 5.53. The van der Waals surface area contributed by atoms with Gasteiger partial charge in [0.15, 0.2) is 0 Å². The van der Waals surface area contributed by atoms with Crippen LogP contribution in [-0.2, 0) is 15.9 Å². The molecule has 0 radical (unpaired) electrons. The number of fused-ring (bicyclic) bond motifs is 1. The van der Waals surface area contributed by atoms with Gasteiger partial charge < -0.3 is 24.0 Å². The topological polar surface area (TPSA) is 81.2 Å². The highest BCUT2D eigenvalue weighted by Crippen LogP contribution is 2.29. The molecular weight excluding hydrogens is 422 g/mol. The van der Waals surface area contributed by atoms with E-state index >= 15 is 0 Å². The quantitative estimate of drug-likeness (QED) is 0.588. The molecule has 9 heteroatoms. The fourth-order valence-electron chi connectivity index (χ4n) is 3.69. The maximum absolute atomic E-state index is 12.6. The first-order valence-electron chi connectivity index (χ1n) is 9.74. The number of methoxy groups -OCH3 is 1. The van der Waals surface area contributed by atoms with Crippen LogP contribution in [0.4, 0.5) is 9.59 Å². The highest BCUT2D eigenvalue weighted by Gasteiger charge is 2.34. The molecule has 1 aliphatic rings. The van der Waals surface area contributed by atoms with E-state index in [1.807, 2.05) is 18.2 Å². The smallest absolute Gasteiger partial charge is 0.414 e. The largest absolute Gasteiger partial charge is 0.497 e. The summed E-state index contributed by atoms with van der Waals surface area (Å²) in [6.45, 7) is 7.98. The second-order valence-electron chi connectivity index (χ2n) is 6.90. The number of hydrogen-bond donors (Lipinski definition) is 0. The zero-order chi connectivity index (χ0) is 22.4. The molecule has 1 unspecified atom stereocenters. The predicted octanol–water partition coefficient (Wildman–Crippen LogP) is 4.38. The van der Waals surface area contributed by atoms with Gasteiger partial charge in [-0.3, -0.25) is 4.98 Å². The summed E-state index contributed by atoms with van der Waals surface area (Å²) in [5, 5.41) is 1.35. The Bertz CT molecular complexity index is 997. The Kier molecular flexibility index (Phi) is 7.36. The third-order valence-electron chi connectivity index (χ3n) is 5.20. The first kappa shape index (κ1) is 22.4. The van der Waals surface area contributed by atoms with Gasteiger partial charge in [-0.25, -0.2) is 9.59 Å². The molecule has 0 saturated carbocycles. The summed E-state index contributed by atoms with van der Waals surface area (Å²) in [5.74, 6) is 0.688. The molecule has 1 saturated heterocycles. The van der Waals surface area contributed by atoms with Crippen molar-refractivity contribution in [2.24, 2.45) is 0 Å². The second kappa shape index (κ2) is 10.2. The summed E-state index contributed by atoms with van der Waals surface area (Å²) in [5.41, 5.74) is 1.63. The third kappa shape index (κ3) is 5.08. The lowest BCUT2D eigenvalue weighted by Crippen LogP contribution is -2.43. The number of pyridine rings is 1. The summed E-state index contributed by atoms with van der Waals surface area (Å²) in [6.07, 6.45) is 3.80. The van der Waals surface area contributed by atoms with Crippen LogP contribution in [0.2, 0.25) is 5.02 Å². The molecule has 1 atom stereocenters. The van der Waals surface area contributed by atoms with Gasteiger partial charge in [-0.1, -0.05) is 24.8 Å². The zero-order valence-corrected chi connectivity index (χ0v) is 18.0. The summed E-state index contributed by atoms with van der Waals surface area (Å²) < 4.78 is 15.2. The molecule has 0 aliphatic carbocycles. The van der Waals surface area contributed by atoms with Crippen LogP contribution in [0, 0.1) is 0 Å². The van der Waals surface area contributed by atoms with E-state index in [9.17, 15) is 9.59 Å². The molecule has 0 spiro atoms. The van der Waals surface area contributed by atoms with Crippen molar-refractivity contribution in [3.63, 3.8) is 0 Å². The molecule has 1 fully saturated rings. The van der Waals surface area contributed by atoms with Gasteiger partial charge in [0.05, 0.1) is 36.2 Å². The minimum atomic E-state index is -0.536. The highest BCUT2D eigenvalue weighted by molar-refractivity contribution is 6.32. The van der Waals surface area contributed by atoms with Gasteiger partial charge in [0, 0.05) is 31.2 Å². The number of rotatable bonds is 7. The number of carbonyl (C=O) groups is 2. The summed E-state index contributed by atoms with van der Waals surface area (Å²) in [4.78, 5) is 32.1. The lowest BCUT2D eigenvalue weighted by molar-refractivity contribution is 0.114. The normalized spacial score (nSPS) is 15.4. The van der Waals surface area contributed by atoms with Crippen molar-refractivity contribution in [1.82, 2.24) is 14.8 Å². The number of benzene rings is 1. The van der Waals surface area contributed by atoms with Crippen LogP contribution in [-0.4, -0.2) is 59.8 Å². The van der Waals surface area contributed by atoms with Crippen LogP contribution in [0.5, 0.6) is 5.75 Å². The molecule has 0 bridgehead atoms. The first-order chi connectivity index (χ1) is 15.0. The molecule has 2 aromatic rings. The van der Waals surface area contributed by atoms with Crippen LogP contribution >= 0.6 is 11.6 Å². The molecule has 1 aromatic carbocycles. The average molecular weight is 446 g/mol. The Hall–Kier alpha value is -3.26. The summed E-state index contributed by atoms with van der Waals surface area (Å²) in [7, 11) is 1.59. The zero-order valence-electron chi connectivity index (χ0n) is 17.3. The van der Waals surface area contributed by atoms with E-state index in [2.05, 4.69) is 18.1 Å². The number of aromatic nitrogens is 1. The Balaban J connectivity index is 1.82. The lowest BCUT2D eigenvalue weighted by atomic mass is 10.0. The van der Waals surface area contributed by atoms with Crippen LogP contribution in [0.25, 0.3) is 10.9 Å². The molecule has 31 heavy (non-hydrogen) atoms. The van der Waals surface area contributed by atoms with E-state index < -0.39 is 12.2 Å². The maximum Gasteiger partial charge on any atom is 0.414 e. The molecule has 0 N–H and O–H groups in total. The number of halogens is 1. The molecular formula is C22H24ClN3O5. The van der Waals surface area contributed by atoms with Gasteiger partial charge in [-0.05, 0) is 36.6 Å². The number of amides is 2. The number of hydrogen-bond acceptors (Lipinski definition) is 6. The van der Waals surface area contributed by atoms with Gasteiger partial charge >= 0.3 is 12.2 Å². The lowest BCUT2D eigenvalue weighted by Gasteiger charge is -2.28. The molecule has 1 aliphatic heterocycles. The van der Waals surface area contributed by atoms with E-state index in [1.165, 1.54) is 4.90 Å². The van der Waals surface area contributed by atoms with Crippen LogP contribution < -0.4 is 4.74 Å². The fourth-order valence-corrected chi connectivity index (χ4v) is 3.93. The number of nitrogens with zero attached hydrogens (tertiary/aromatic N) is 3. The van der Waals surface area contributed by atoms with Gasteiger partial charge in [0.2, 0.25) is 0 Å². The van der Waals surface area contributed by atoms with Crippen molar-refractivity contribution >= 4 is 34.7 Å². The molecule has 8 nitrogen and oxygen atoms in total. The SMILES string of the molecule is C=COC(=O)N1CCC(N(CCc2c(Cl)cnc3ccc(OC)cc23)C(=O)OC=C)C1. The monoisotopic (exact) mass is 445 g/mol. The van der Waals surface area contributed by atoms with Crippen molar-refractivity contribution in [2.45, 2.75) is 18.9 Å². The summed E-state index contributed by atoms with van der Waals surface area (Å²) >= 11 is 6.45. The minimum absolute atomic E-state index is 0.230. The molecule has 2 amide bonds. The Morgan fingerprint density at radius 2 is 2.10 bits per heavy atom. The average Bonchev–Trinajstić information content (AvgIpc) is 3.25. The van der Waals surface area contributed by atoms with Crippen molar-refractivity contribution in [3.8, 4) is 5.75 Å². The van der Waals surface area contributed by atoms with E-state index in [-0.39, 0.29) is 6.04 Å². The molecule has 2 heterocycles. The second-order valence-corrected chi connectivity index (χ2v) is 7.31. The van der Waals surface area contributed by atoms with E-state index in [0.29, 0.717) is 43.2 Å². The Morgan fingerprint density at radius 3 is 2.81 bits per heavy atom. The van der Waals surface area contributed by atoms with Crippen molar-refractivity contribution in [2.75, 3.05) is 26.7 Å². The highest BCUT2D eigenvalue weighted by atomic mass is 35.5.